The topological polar surface area (TPSA) is 80.8 Å². The molecule has 0 amide bonds. The van der Waals surface area contributed by atoms with Crippen LogP contribution in [0.4, 0.5) is 0 Å². The van der Waals surface area contributed by atoms with Crippen molar-refractivity contribution in [2.45, 2.75) is 48.8 Å². The quantitative estimate of drug-likeness (QED) is 0.661. The zero-order chi connectivity index (χ0) is 20.4. The number of hydrogen-bond donors (Lipinski definition) is 0. The van der Waals surface area contributed by atoms with E-state index in [1.807, 2.05) is 26.0 Å². The van der Waals surface area contributed by atoms with E-state index in [2.05, 4.69) is 0 Å². The van der Waals surface area contributed by atoms with E-state index >= 15 is 0 Å². The molecule has 1 heterocycles. The molecule has 0 N–H and O–H groups in total. The average Bonchev–Trinajstić information content (AvgIpc) is 2.69. The summed E-state index contributed by atoms with van der Waals surface area (Å²) < 4.78 is 57.5. The van der Waals surface area contributed by atoms with Crippen molar-refractivity contribution in [1.29, 1.82) is 0 Å². The summed E-state index contributed by atoms with van der Waals surface area (Å²) in [7, 11) is -7.67. The van der Waals surface area contributed by atoms with Gasteiger partial charge in [-0.25, -0.2) is 8.42 Å². The average molecular weight is 424 g/mol. The number of para-hydroxylation sites is 1. The lowest BCUT2D eigenvalue weighted by Crippen LogP contribution is -2.35. The standard InChI is InChI=1S/C20H25NO5S2/c1-16(2)19-8-4-5-9-20(19)26-28(24,25)18-12-10-17(11-13-18)27(22,23)21-14-6-3-7-15-21/h4-5,8-13,16H,3,6-7,14-15H2,1-2H3. The Balaban J connectivity index is 1.84. The first-order chi connectivity index (χ1) is 13.2. The first-order valence-corrected chi connectivity index (χ1v) is 12.2. The number of nitrogens with zero attached hydrogens (tertiary/aromatic N) is 1. The summed E-state index contributed by atoms with van der Waals surface area (Å²) in [6.07, 6.45) is 2.71. The minimum absolute atomic E-state index is 0.0800. The second-order valence-electron chi connectivity index (χ2n) is 7.17. The molecule has 1 fully saturated rings. The van der Waals surface area contributed by atoms with Gasteiger partial charge in [0.25, 0.3) is 0 Å². The van der Waals surface area contributed by atoms with Crippen LogP contribution in [0.25, 0.3) is 0 Å². The fourth-order valence-corrected chi connectivity index (χ4v) is 5.70. The van der Waals surface area contributed by atoms with Gasteiger partial charge in [-0.3, -0.25) is 0 Å². The Kier molecular flexibility index (Phi) is 6.12. The maximum Gasteiger partial charge on any atom is 0.339 e. The van der Waals surface area contributed by atoms with Gasteiger partial charge in [-0.15, -0.1) is 0 Å². The molecule has 0 aliphatic carbocycles. The highest BCUT2D eigenvalue weighted by molar-refractivity contribution is 7.89. The Morgan fingerprint density at radius 1 is 0.821 bits per heavy atom. The summed E-state index contributed by atoms with van der Waals surface area (Å²) in [5.74, 6) is 0.381. The number of benzene rings is 2. The van der Waals surface area contributed by atoms with Gasteiger partial charge < -0.3 is 4.18 Å². The second kappa shape index (κ2) is 8.23. The lowest BCUT2D eigenvalue weighted by atomic mass is 10.0. The first-order valence-electron chi connectivity index (χ1n) is 9.35. The van der Waals surface area contributed by atoms with E-state index < -0.39 is 20.1 Å². The van der Waals surface area contributed by atoms with Gasteiger partial charge in [0.2, 0.25) is 10.0 Å². The predicted octanol–water partition coefficient (Wildman–Crippen LogP) is 3.75. The van der Waals surface area contributed by atoms with Crippen molar-refractivity contribution in [1.82, 2.24) is 4.31 Å². The molecule has 8 heteroatoms. The van der Waals surface area contributed by atoms with Crippen LogP contribution < -0.4 is 4.18 Å². The third-order valence-corrected chi connectivity index (χ3v) is 7.97. The molecule has 0 bridgehead atoms. The van der Waals surface area contributed by atoms with Crippen LogP contribution in [0.15, 0.2) is 58.3 Å². The van der Waals surface area contributed by atoms with Gasteiger partial charge in [0.05, 0.1) is 4.90 Å². The second-order valence-corrected chi connectivity index (χ2v) is 10.7. The molecule has 1 aliphatic heterocycles. The SMILES string of the molecule is CC(C)c1ccccc1OS(=O)(=O)c1ccc(S(=O)(=O)N2CCCCC2)cc1. The highest BCUT2D eigenvalue weighted by atomic mass is 32.2. The molecule has 152 valence electrons. The molecule has 0 unspecified atom stereocenters. The van der Waals surface area contributed by atoms with Gasteiger partial charge in [0.1, 0.15) is 10.6 Å². The summed E-state index contributed by atoms with van der Waals surface area (Å²) in [6.45, 7) is 4.90. The molecule has 3 rings (SSSR count). The van der Waals surface area contributed by atoms with Crippen LogP contribution in [0.3, 0.4) is 0 Å². The Bertz CT molecular complexity index is 1020. The number of rotatable bonds is 6. The maximum absolute atomic E-state index is 12.7. The largest absolute Gasteiger partial charge is 0.379 e. The maximum atomic E-state index is 12.7. The van der Waals surface area contributed by atoms with Gasteiger partial charge in [-0.1, -0.05) is 38.5 Å². The molecular formula is C20H25NO5S2. The van der Waals surface area contributed by atoms with Crippen LogP contribution >= 0.6 is 0 Å². The molecule has 0 spiro atoms. The number of piperidine rings is 1. The minimum Gasteiger partial charge on any atom is -0.379 e. The molecule has 1 saturated heterocycles. The Morgan fingerprint density at radius 3 is 2.00 bits per heavy atom. The molecule has 28 heavy (non-hydrogen) atoms. The van der Waals surface area contributed by atoms with Crippen molar-refractivity contribution in [2.75, 3.05) is 13.1 Å². The normalized spacial score (nSPS) is 16.2. The van der Waals surface area contributed by atoms with E-state index in [0.29, 0.717) is 13.1 Å². The zero-order valence-electron chi connectivity index (χ0n) is 16.0. The highest BCUT2D eigenvalue weighted by Crippen LogP contribution is 2.29. The molecule has 0 radical (unpaired) electrons. The van der Waals surface area contributed by atoms with E-state index in [1.165, 1.54) is 28.6 Å². The van der Waals surface area contributed by atoms with E-state index in [-0.39, 0.29) is 21.5 Å². The van der Waals surface area contributed by atoms with Gasteiger partial charge in [-0.2, -0.15) is 12.7 Å². The monoisotopic (exact) mass is 423 g/mol. The lowest BCUT2D eigenvalue weighted by molar-refractivity contribution is 0.346. The predicted molar refractivity (Wildman–Crippen MR) is 107 cm³/mol. The summed E-state index contributed by atoms with van der Waals surface area (Å²) in [5.41, 5.74) is 0.787. The Morgan fingerprint density at radius 2 is 1.39 bits per heavy atom. The van der Waals surface area contributed by atoms with Crippen LogP contribution in [0.1, 0.15) is 44.6 Å². The van der Waals surface area contributed by atoms with E-state index in [9.17, 15) is 16.8 Å². The minimum atomic E-state index is -4.06. The fraction of sp³-hybridized carbons (Fsp3) is 0.400. The highest BCUT2D eigenvalue weighted by Gasteiger charge is 2.27. The first kappa shape index (κ1) is 20.8. The molecule has 0 atom stereocenters. The molecule has 6 nitrogen and oxygen atoms in total. The molecule has 1 aliphatic rings. The Labute approximate surface area is 167 Å². The van der Waals surface area contributed by atoms with Crippen LogP contribution in [0.5, 0.6) is 5.75 Å². The fourth-order valence-electron chi connectivity index (χ4n) is 3.23. The molecule has 0 saturated carbocycles. The molecule has 0 aromatic heterocycles. The van der Waals surface area contributed by atoms with Crippen LogP contribution in [0.2, 0.25) is 0 Å². The van der Waals surface area contributed by atoms with Crippen molar-refractivity contribution in [3.8, 4) is 5.75 Å². The van der Waals surface area contributed by atoms with E-state index in [4.69, 9.17) is 4.18 Å². The zero-order valence-corrected chi connectivity index (χ0v) is 17.7. The van der Waals surface area contributed by atoms with E-state index in [1.54, 1.807) is 12.1 Å². The third-order valence-electron chi connectivity index (χ3n) is 4.81. The van der Waals surface area contributed by atoms with Gasteiger partial charge in [0.15, 0.2) is 0 Å². The van der Waals surface area contributed by atoms with Crippen molar-refractivity contribution < 1.29 is 21.0 Å². The summed E-state index contributed by atoms with van der Waals surface area (Å²) in [4.78, 5) is 0.0135. The van der Waals surface area contributed by atoms with Crippen LogP contribution in [-0.2, 0) is 20.1 Å². The van der Waals surface area contributed by atoms with Crippen LogP contribution in [-0.4, -0.2) is 34.2 Å². The third kappa shape index (κ3) is 4.39. The Hall–Kier alpha value is -1.90. The summed E-state index contributed by atoms with van der Waals surface area (Å²) >= 11 is 0. The summed E-state index contributed by atoms with van der Waals surface area (Å²) in [6, 6.07) is 12.2. The lowest BCUT2D eigenvalue weighted by Gasteiger charge is -2.25. The van der Waals surface area contributed by atoms with Gasteiger partial charge >= 0.3 is 10.1 Å². The van der Waals surface area contributed by atoms with Crippen molar-refractivity contribution in [3.05, 3.63) is 54.1 Å². The molecular weight excluding hydrogens is 398 g/mol. The van der Waals surface area contributed by atoms with E-state index in [0.717, 1.165) is 24.8 Å². The number of hydrogen-bond acceptors (Lipinski definition) is 5. The van der Waals surface area contributed by atoms with Crippen molar-refractivity contribution in [2.24, 2.45) is 0 Å². The van der Waals surface area contributed by atoms with Gasteiger partial charge in [0, 0.05) is 13.1 Å². The van der Waals surface area contributed by atoms with Crippen LogP contribution in [0, 0.1) is 0 Å². The molecule has 2 aromatic rings. The molecule has 2 aromatic carbocycles. The van der Waals surface area contributed by atoms with Crippen molar-refractivity contribution in [3.63, 3.8) is 0 Å². The number of sulfonamides is 1. The van der Waals surface area contributed by atoms with Gasteiger partial charge in [-0.05, 0) is 54.7 Å². The smallest absolute Gasteiger partial charge is 0.339 e. The van der Waals surface area contributed by atoms with Crippen molar-refractivity contribution >= 4 is 20.1 Å². The summed E-state index contributed by atoms with van der Waals surface area (Å²) in [5, 5.41) is 0.